The molecule has 2 aromatic rings. The standard InChI is InChI=1S/C9H11N7O6/c1-4(11-19-8-5(2)15(17)21-13-8)7(10)12-20-9-6(3)16(18)22-14-9/h1-3H3,(H2,10,12)/b11-4-. The van der Waals surface area contributed by atoms with Crippen LogP contribution >= 0.6 is 0 Å². The Morgan fingerprint density at radius 1 is 1.05 bits per heavy atom. The summed E-state index contributed by atoms with van der Waals surface area (Å²) < 4.78 is 8.57. The van der Waals surface area contributed by atoms with Gasteiger partial charge in [-0.15, -0.1) is 0 Å². The molecule has 2 N–H and O–H groups in total. The fraction of sp³-hybridized carbons (Fsp3) is 0.333. The van der Waals surface area contributed by atoms with E-state index in [9.17, 15) is 10.4 Å². The number of amidine groups is 1. The molecule has 0 aliphatic heterocycles. The molecule has 0 aliphatic rings. The molecule has 0 amide bonds. The minimum absolute atomic E-state index is 0.0700. The highest BCUT2D eigenvalue weighted by molar-refractivity contribution is 6.39. The summed E-state index contributed by atoms with van der Waals surface area (Å²) in [5.74, 6) is -0.426. The maximum Gasteiger partial charge on any atom is 0.423 e. The quantitative estimate of drug-likeness (QED) is 0.302. The van der Waals surface area contributed by atoms with Crippen molar-refractivity contribution < 1.29 is 28.7 Å². The summed E-state index contributed by atoms with van der Waals surface area (Å²) in [5.41, 5.74) is 5.87. The molecule has 0 atom stereocenters. The molecule has 13 nitrogen and oxygen atoms in total. The zero-order valence-corrected chi connectivity index (χ0v) is 11.7. The first-order valence-electron chi connectivity index (χ1n) is 5.75. The van der Waals surface area contributed by atoms with E-state index >= 15 is 0 Å². The number of nitrogens with zero attached hydrogens (tertiary/aromatic N) is 6. The molecular weight excluding hydrogens is 302 g/mol. The van der Waals surface area contributed by atoms with Crippen LogP contribution in [0.25, 0.3) is 0 Å². The molecule has 0 aliphatic carbocycles. The first-order chi connectivity index (χ1) is 10.4. The van der Waals surface area contributed by atoms with Crippen molar-refractivity contribution in [2.75, 3.05) is 0 Å². The highest BCUT2D eigenvalue weighted by Crippen LogP contribution is 2.10. The van der Waals surface area contributed by atoms with Crippen molar-refractivity contribution in [2.45, 2.75) is 20.8 Å². The van der Waals surface area contributed by atoms with Crippen LogP contribution in [0.5, 0.6) is 11.8 Å². The first kappa shape index (κ1) is 15.0. The monoisotopic (exact) mass is 313 g/mol. The highest BCUT2D eigenvalue weighted by atomic mass is 16.8. The molecule has 2 rings (SSSR count). The number of oxime groups is 2. The Bertz CT molecular complexity index is 671. The van der Waals surface area contributed by atoms with Crippen molar-refractivity contribution in [3.8, 4) is 11.8 Å². The molecular formula is C9H11N7O6. The van der Waals surface area contributed by atoms with Crippen molar-refractivity contribution in [3.63, 3.8) is 0 Å². The predicted octanol–water partition coefficient (Wildman–Crippen LogP) is -1.35. The van der Waals surface area contributed by atoms with Crippen LogP contribution < -0.4 is 25.2 Å². The van der Waals surface area contributed by atoms with Gasteiger partial charge in [0.25, 0.3) is 0 Å². The van der Waals surface area contributed by atoms with E-state index in [-0.39, 0.29) is 44.5 Å². The second kappa shape index (κ2) is 5.94. The lowest BCUT2D eigenvalue weighted by atomic mass is 10.4. The SMILES string of the molecule is CC(=N/Oc1no[n+]([O-])c1C)/C(N)=N\Oc1no[n+]([O-])c1C. The molecule has 2 heterocycles. The number of nitrogens with two attached hydrogens (primary N) is 1. The number of rotatable bonds is 5. The lowest BCUT2D eigenvalue weighted by Gasteiger charge is -1.97. The molecule has 0 saturated heterocycles. The highest BCUT2D eigenvalue weighted by Gasteiger charge is 2.18. The Kier molecular flexibility index (Phi) is 4.06. The Hall–Kier alpha value is -3.38. The minimum Gasteiger partial charge on any atom is -0.379 e. The van der Waals surface area contributed by atoms with Crippen molar-refractivity contribution in [1.29, 1.82) is 0 Å². The first-order valence-corrected chi connectivity index (χ1v) is 5.75. The largest absolute Gasteiger partial charge is 0.423 e. The Labute approximate surface area is 122 Å². The van der Waals surface area contributed by atoms with Crippen LogP contribution in [-0.2, 0) is 0 Å². The van der Waals surface area contributed by atoms with Crippen LogP contribution in [0.4, 0.5) is 0 Å². The van der Waals surface area contributed by atoms with Gasteiger partial charge in [-0.05, 0) is 16.7 Å². The summed E-state index contributed by atoms with van der Waals surface area (Å²) in [6.07, 6.45) is 0. The van der Waals surface area contributed by atoms with Crippen LogP contribution in [0.3, 0.4) is 0 Å². The molecule has 0 saturated carbocycles. The van der Waals surface area contributed by atoms with Gasteiger partial charge in [-0.3, -0.25) is 9.26 Å². The third-order valence-electron chi connectivity index (χ3n) is 2.43. The van der Waals surface area contributed by atoms with Gasteiger partial charge >= 0.3 is 11.8 Å². The van der Waals surface area contributed by atoms with E-state index in [1.54, 1.807) is 0 Å². The maximum absolute atomic E-state index is 11.0. The molecule has 118 valence electrons. The molecule has 0 fully saturated rings. The summed E-state index contributed by atoms with van der Waals surface area (Å²) in [6, 6.07) is 0. The van der Waals surface area contributed by atoms with Crippen molar-refractivity contribution >= 4 is 11.5 Å². The summed E-state index contributed by atoms with van der Waals surface area (Å²) in [5, 5.41) is 35.7. The number of hydrogen-bond acceptors (Lipinski definition) is 10. The zero-order valence-electron chi connectivity index (χ0n) is 11.7. The van der Waals surface area contributed by atoms with Crippen LogP contribution in [-0.4, -0.2) is 21.9 Å². The van der Waals surface area contributed by atoms with Gasteiger partial charge in [-0.25, -0.2) is 0 Å². The second-order valence-corrected chi connectivity index (χ2v) is 3.98. The Balaban J connectivity index is 2.03. The van der Waals surface area contributed by atoms with Crippen LogP contribution in [0, 0.1) is 24.3 Å². The summed E-state index contributed by atoms with van der Waals surface area (Å²) in [6.45, 7) is 4.31. The normalized spacial score (nSPS) is 12.5. The van der Waals surface area contributed by atoms with Gasteiger partial charge < -0.3 is 25.8 Å². The average molecular weight is 313 g/mol. The van der Waals surface area contributed by atoms with E-state index in [0.717, 1.165) is 0 Å². The van der Waals surface area contributed by atoms with Crippen LogP contribution in [0.2, 0.25) is 0 Å². The lowest BCUT2D eigenvalue weighted by molar-refractivity contribution is -0.807. The molecule has 2 aromatic heterocycles. The van der Waals surface area contributed by atoms with Gasteiger partial charge in [-0.1, -0.05) is 10.3 Å². The van der Waals surface area contributed by atoms with E-state index in [2.05, 4.69) is 29.9 Å². The predicted molar refractivity (Wildman–Crippen MR) is 66.4 cm³/mol. The Morgan fingerprint density at radius 2 is 1.50 bits per heavy atom. The molecule has 13 heteroatoms. The van der Waals surface area contributed by atoms with Gasteiger partial charge in [0.15, 0.2) is 5.84 Å². The van der Waals surface area contributed by atoms with Crippen molar-refractivity contribution in [2.24, 2.45) is 16.0 Å². The Morgan fingerprint density at radius 3 is 1.91 bits per heavy atom. The van der Waals surface area contributed by atoms with Gasteiger partial charge in [0.1, 0.15) is 5.71 Å². The summed E-state index contributed by atoms with van der Waals surface area (Å²) in [7, 11) is 0. The van der Waals surface area contributed by atoms with Gasteiger partial charge in [0.05, 0.1) is 10.3 Å². The fourth-order valence-electron chi connectivity index (χ4n) is 1.04. The van der Waals surface area contributed by atoms with Gasteiger partial charge in [-0.2, -0.15) is 0 Å². The molecule has 0 unspecified atom stereocenters. The van der Waals surface area contributed by atoms with E-state index in [1.807, 2.05) is 0 Å². The van der Waals surface area contributed by atoms with Crippen molar-refractivity contribution in [3.05, 3.63) is 21.8 Å². The third kappa shape index (κ3) is 3.02. The number of hydrogen-bond donors (Lipinski definition) is 1. The molecule has 0 aromatic carbocycles. The zero-order chi connectivity index (χ0) is 16.3. The summed E-state index contributed by atoms with van der Waals surface area (Å²) in [4.78, 5) is 10.0. The second-order valence-electron chi connectivity index (χ2n) is 3.98. The molecule has 0 radical (unpaired) electrons. The van der Waals surface area contributed by atoms with Crippen molar-refractivity contribution in [1.82, 2.24) is 10.3 Å². The number of aromatic nitrogens is 4. The van der Waals surface area contributed by atoms with E-state index in [0.29, 0.717) is 0 Å². The third-order valence-corrected chi connectivity index (χ3v) is 2.43. The summed E-state index contributed by atoms with van der Waals surface area (Å²) >= 11 is 0. The minimum atomic E-state index is -0.156. The van der Waals surface area contributed by atoms with Gasteiger partial charge in [0, 0.05) is 13.8 Å². The van der Waals surface area contributed by atoms with Crippen LogP contribution in [0.1, 0.15) is 18.3 Å². The molecule has 0 spiro atoms. The van der Waals surface area contributed by atoms with E-state index in [1.165, 1.54) is 20.8 Å². The van der Waals surface area contributed by atoms with E-state index < -0.39 is 0 Å². The smallest absolute Gasteiger partial charge is 0.379 e. The average Bonchev–Trinajstić information content (AvgIpc) is 2.99. The topological polar surface area (TPSA) is 175 Å². The molecule has 22 heavy (non-hydrogen) atoms. The molecule has 0 bridgehead atoms. The lowest BCUT2D eigenvalue weighted by Crippen LogP contribution is -2.26. The van der Waals surface area contributed by atoms with E-state index in [4.69, 9.17) is 15.4 Å². The van der Waals surface area contributed by atoms with Crippen LogP contribution in [0.15, 0.2) is 19.6 Å². The fourth-order valence-corrected chi connectivity index (χ4v) is 1.04. The van der Waals surface area contributed by atoms with Gasteiger partial charge in [0.2, 0.25) is 11.4 Å². The maximum atomic E-state index is 11.0.